The van der Waals surface area contributed by atoms with Crippen molar-refractivity contribution in [1.82, 2.24) is 0 Å². The predicted octanol–water partition coefficient (Wildman–Crippen LogP) is 3.16. The van der Waals surface area contributed by atoms with Crippen molar-refractivity contribution < 1.29 is 19.0 Å². The molecule has 1 aromatic rings. The lowest BCUT2D eigenvalue weighted by atomic mass is 10.0. The molecule has 1 atom stereocenters. The zero-order valence-electron chi connectivity index (χ0n) is 11.6. The predicted molar refractivity (Wildman–Crippen MR) is 71.3 cm³/mol. The van der Waals surface area contributed by atoms with Crippen LogP contribution < -0.4 is 4.74 Å². The summed E-state index contributed by atoms with van der Waals surface area (Å²) in [5, 5.41) is 0. The van der Waals surface area contributed by atoms with E-state index >= 15 is 0 Å². The first kappa shape index (κ1) is 13.6. The van der Waals surface area contributed by atoms with Gasteiger partial charge in [-0.1, -0.05) is 5.57 Å². The van der Waals surface area contributed by atoms with Gasteiger partial charge in [0.25, 0.3) is 0 Å². The molecule has 102 valence electrons. The molecule has 1 unspecified atom stereocenters. The molecule has 1 aliphatic rings. The van der Waals surface area contributed by atoms with Gasteiger partial charge in [-0.15, -0.1) is 0 Å². The number of hydrogen-bond acceptors (Lipinski definition) is 4. The highest BCUT2D eigenvalue weighted by Gasteiger charge is 2.33. The minimum atomic E-state index is -0.630. The van der Waals surface area contributed by atoms with Crippen LogP contribution in [0.1, 0.15) is 41.6 Å². The van der Waals surface area contributed by atoms with Crippen molar-refractivity contribution in [2.24, 2.45) is 0 Å². The van der Waals surface area contributed by atoms with E-state index in [1.807, 2.05) is 26.8 Å². The van der Waals surface area contributed by atoms with Crippen molar-refractivity contribution in [2.75, 3.05) is 13.7 Å². The van der Waals surface area contributed by atoms with E-state index < -0.39 is 6.29 Å². The number of carbonyl (C=O) groups is 1. The number of methoxy groups -OCH3 is 1. The average Bonchev–Trinajstić information content (AvgIpc) is 2.69. The van der Waals surface area contributed by atoms with Crippen LogP contribution >= 0.6 is 0 Å². The molecule has 0 N–H and O–H groups in total. The number of ether oxygens (including phenoxy) is 3. The number of carbonyl (C=O) groups excluding carboxylic acids is 1. The second kappa shape index (κ2) is 5.45. The van der Waals surface area contributed by atoms with Crippen LogP contribution in [0.15, 0.2) is 23.8 Å². The van der Waals surface area contributed by atoms with E-state index in [9.17, 15) is 4.79 Å². The van der Waals surface area contributed by atoms with Crippen LogP contribution in [-0.4, -0.2) is 19.7 Å². The fourth-order valence-electron chi connectivity index (χ4n) is 2.03. The van der Waals surface area contributed by atoms with Gasteiger partial charge in [0.2, 0.25) is 6.29 Å². The number of fused-ring (bicyclic) bond motifs is 1. The highest BCUT2D eigenvalue weighted by molar-refractivity contribution is 5.94. The maximum Gasteiger partial charge on any atom is 0.341 e. The summed E-state index contributed by atoms with van der Waals surface area (Å²) in [6.45, 7) is 6.46. The summed E-state index contributed by atoms with van der Waals surface area (Å²) in [6.07, 6.45) is 1.37. The molecule has 19 heavy (non-hydrogen) atoms. The van der Waals surface area contributed by atoms with Crippen molar-refractivity contribution in [1.29, 1.82) is 0 Å². The van der Waals surface area contributed by atoms with Gasteiger partial charge in [-0.25, -0.2) is 4.79 Å². The average molecular weight is 262 g/mol. The Labute approximate surface area is 113 Å². The van der Waals surface area contributed by atoms with Crippen molar-refractivity contribution in [3.05, 3.63) is 40.5 Å². The number of esters is 1. The van der Waals surface area contributed by atoms with E-state index in [-0.39, 0.29) is 5.97 Å². The van der Waals surface area contributed by atoms with Gasteiger partial charge >= 0.3 is 5.97 Å². The van der Waals surface area contributed by atoms with E-state index in [2.05, 4.69) is 0 Å². The molecule has 4 heteroatoms. The lowest BCUT2D eigenvalue weighted by Gasteiger charge is -2.13. The van der Waals surface area contributed by atoms with Gasteiger partial charge in [0, 0.05) is 18.2 Å². The van der Waals surface area contributed by atoms with E-state index in [0.29, 0.717) is 12.2 Å². The molecule has 2 rings (SSSR count). The Kier molecular flexibility index (Phi) is 3.90. The smallest absolute Gasteiger partial charge is 0.341 e. The van der Waals surface area contributed by atoms with Gasteiger partial charge in [-0.2, -0.15) is 0 Å². The summed E-state index contributed by atoms with van der Waals surface area (Å²) in [5.41, 5.74) is 3.41. The van der Waals surface area contributed by atoms with E-state index in [0.717, 1.165) is 16.9 Å². The third-order valence-corrected chi connectivity index (χ3v) is 3.08. The van der Waals surface area contributed by atoms with E-state index in [4.69, 9.17) is 14.2 Å². The fraction of sp³-hybridized carbons (Fsp3) is 0.400. The van der Waals surface area contributed by atoms with E-state index in [1.54, 1.807) is 12.1 Å². The lowest BCUT2D eigenvalue weighted by molar-refractivity contribution is -0.0819. The maximum atomic E-state index is 11.6. The molecule has 0 fully saturated rings. The normalized spacial score (nSPS) is 16.8. The quantitative estimate of drug-likeness (QED) is 0.617. The molecule has 0 aromatic heterocycles. The summed E-state index contributed by atoms with van der Waals surface area (Å²) in [7, 11) is 1.52. The summed E-state index contributed by atoms with van der Waals surface area (Å²) in [4.78, 5) is 11.6. The Morgan fingerprint density at radius 2 is 2.16 bits per heavy atom. The van der Waals surface area contributed by atoms with Gasteiger partial charge < -0.3 is 14.2 Å². The molecule has 0 radical (unpaired) electrons. The van der Waals surface area contributed by atoms with Gasteiger partial charge in [0.05, 0.1) is 5.56 Å². The molecular formula is C15H18O4. The largest absolute Gasteiger partial charge is 0.489 e. The third kappa shape index (κ3) is 2.63. The summed E-state index contributed by atoms with van der Waals surface area (Å²) in [6, 6.07) is 3.52. The molecule has 4 nitrogen and oxygen atoms in total. The number of benzene rings is 1. The SMILES string of the molecule is COC1OC(=O)c2ccc(OCC=C(C)C)c(C)c21. The van der Waals surface area contributed by atoms with Crippen LogP contribution in [0.5, 0.6) is 5.75 Å². The van der Waals surface area contributed by atoms with Crippen LogP contribution in [0.25, 0.3) is 0 Å². The second-order valence-electron chi connectivity index (χ2n) is 4.72. The Hall–Kier alpha value is -1.81. The second-order valence-corrected chi connectivity index (χ2v) is 4.72. The molecule has 1 aliphatic heterocycles. The monoisotopic (exact) mass is 262 g/mol. The molecule has 0 amide bonds. The van der Waals surface area contributed by atoms with Gasteiger partial charge in [-0.05, 0) is 39.0 Å². The van der Waals surface area contributed by atoms with Crippen molar-refractivity contribution in [3.8, 4) is 5.75 Å². The van der Waals surface area contributed by atoms with E-state index in [1.165, 1.54) is 12.7 Å². The zero-order valence-corrected chi connectivity index (χ0v) is 11.6. The fourth-order valence-corrected chi connectivity index (χ4v) is 2.03. The van der Waals surface area contributed by atoms with Crippen molar-refractivity contribution >= 4 is 5.97 Å². The van der Waals surface area contributed by atoms with Gasteiger partial charge in [0.1, 0.15) is 12.4 Å². The highest BCUT2D eigenvalue weighted by atomic mass is 16.7. The Bertz CT molecular complexity index is 527. The maximum absolute atomic E-state index is 11.6. The first-order chi connectivity index (χ1) is 9.04. The van der Waals surface area contributed by atoms with Crippen LogP contribution in [-0.2, 0) is 9.47 Å². The first-order valence-corrected chi connectivity index (χ1v) is 6.18. The molecule has 0 bridgehead atoms. The Balaban J connectivity index is 2.29. The summed E-state index contributed by atoms with van der Waals surface area (Å²) in [5.74, 6) is 0.400. The van der Waals surface area contributed by atoms with Crippen LogP contribution in [0.2, 0.25) is 0 Å². The summed E-state index contributed by atoms with van der Waals surface area (Å²) >= 11 is 0. The number of allylic oxidation sites excluding steroid dienone is 1. The van der Waals surface area contributed by atoms with Gasteiger partial charge in [-0.3, -0.25) is 0 Å². The third-order valence-electron chi connectivity index (χ3n) is 3.08. The molecule has 1 aromatic carbocycles. The number of hydrogen-bond donors (Lipinski definition) is 0. The zero-order chi connectivity index (χ0) is 14.0. The molecule has 0 saturated carbocycles. The Morgan fingerprint density at radius 1 is 1.42 bits per heavy atom. The number of cyclic esters (lactones) is 1. The van der Waals surface area contributed by atoms with Crippen LogP contribution in [0, 0.1) is 6.92 Å². The minimum Gasteiger partial charge on any atom is -0.489 e. The van der Waals surface area contributed by atoms with Crippen LogP contribution in [0.4, 0.5) is 0 Å². The number of rotatable bonds is 4. The molecule has 0 spiro atoms. The minimum absolute atomic E-state index is 0.346. The highest BCUT2D eigenvalue weighted by Crippen LogP contribution is 2.37. The standard InChI is InChI=1S/C15H18O4/c1-9(2)7-8-18-12-6-5-11-13(10(12)3)15(17-4)19-14(11)16/h5-7,15H,8H2,1-4H3. The first-order valence-electron chi connectivity index (χ1n) is 6.18. The van der Waals surface area contributed by atoms with Gasteiger partial charge in [0.15, 0.2) is 0 Å². The summed E-state index contributed by atoms with van der Waals surface area (Å²) < 4.78 is 16.0. The molecular weight excluding hydrogens is 244 g/mol. The van der Waals surface area contributed by atoms with Crippen LogP contribution in [0.3, 0.4) is 0 Å². The molecule has 1 heterocycles. The molecule has 0 saturated heterocycles. The van der Waals surface area contributed by atoms with Crippen molar-refractivity contribution in [3.63, 3.8) is 0 Å². The Morgan fingerprint density at radius 3 is 2.79 bits per heavy atom. The lowest BCUT2D eigenvalue weighted by Crippen LogP contribution is -2.03. The topological polar surface area (TPSA) is 44.8 Å². The van der Waals surface area contributed by atoms with Crippen molar-refractivity contribution in [2.45, 2.75) is 27.1 Å². The molecule has 0 aliphatic carbocycles.